The van der Waals surface area contributed by atoms with E-state index in [1.807, 2.05) is 18.2 Å². The lowest BCUT2D eigenvalue weighted by molar-refractivity contribution is 0.409. The fraction of sp³-hybridized carbons (Fsp3) is 0.600. The second-order valence-corrected chi connectivity index (χ2v) is 7.36. The molecule has 1 N–H and O–H groups in total. The van der Waals surface area contributed by atoms with Crippen LogP contribution in [-0.4, -0.2) is 38.1 Å². The van der Waals surface area contributed by atoms with Gasteiger partial charge in [-0.2, -0.15) is 4.31 Å². The Morgan fingerprint density at radius 1 is 1.20 bits per heavy atom. The molecule has 0 atom stereocenters. The summed E-state index contributed by atoms with van der Waals surface area (Å²) in [6.07, 6.45) is 2.89. The molecule has 0 unspecified atom stereocenters. The van der Waals surface area contributed by atoms with Gasteiger partial charge in [-0.1, -0.05) is 31.2 Å². The highest BCUT2D eigenvalue weighted by atomic mass is 32.2. The zero-order chi connectivity index (χ0) is 14.4. The summed E-state index contributed by atoms with van der Waals surface area (Å²) in [6, 6.07) is 8.15. The molecule has 0 bridgehead atoms. The largest absolute Gasteiger partial charge is 0.316 e. The maximum absolute atomic E-state index is 12.4. The zero-order valence-corrected chi connectivity index (χ0v) is 13.0. The van der Waals surface area contributed by atoms with Crippen LogP contribution in [-0.2, 0) is 23.0 Å². The highest BCUT2D eigenvalue weighted by molar-refractivity contribution is 7.89. The predicted molar refractivity (Wildman–Crippen MR) is 82.1 cm³/mol. The van der Waals surface area contributed by atoms with E-state index in [0.717, 1.165) is 31.4 Å². The van der Waals surface area contributed by atoms with Crippen LogP contribution < -0.4 is 5.32 Å². The Morgan fingerprint density at radius 2 is 1.95 bits per heavy atom. The van der Waals surface area contributed by atoms with Crippen molar-refractivity contribution in [1.82, 2.24) is 9.62 Å². The van der Waals surface area contributed by atoms with Gasteiger partial charge >= 0.3 is 0 Å². The van der Waals surface area contributed by atoms with E-state index >= 15 is 0 Å². The monoisotopic (exact) mass is 296 g/mol. The molecule has 1 aromatic rings. The van der Waals surface area contributed by atoms with Crippen LogP contribution in [0.2, 0.25) is 0 Å². The number of hydrogen-bond donors (Lipinski definition) is 1. The molecule has 0 saturated carbocycles. The number of rotatable bonds is 6. The Hall–Kier alpha value is -0.910. The first-order valence-corrected chi connectivity index (χ1v) is 8.99. The van der Waals surface area contributed by atoms with Crippen molar-refractivity contribution in [3.8, 4) is 0 Å². The van der Waals surface area contributed by atoms with Crippen LogP contribution in [0.3, 0.4) is 0 Å². The number of hydrogen-bond acceptors (Lipinski definition) is 3. The van der Waals surface area contributed by atoms with Gasteiger partial charge in [0.1, 0.15) is 0 Å². The van der Waals surface area contributed by atoms with Crippen molar-refractivity contribution in [3.05, 3.63) is 35.4 Å². The minimum Gasteiger partial charge on any atom is -0.316 e. The van der Waals surface area contributed by atoms with Crippen LogP contribution in [0.1, 0.15) is 30.9 Å². The lowest BCUT2D eigenvalue weighted by atomic mass is 10.0. The normalized spacial score (nSPS) is 16.6. The molecule has 0 radical (unpaired) electrons. The molecule has 0 fully saturated rings. The molecule has 1 aromatic carbocycles. The highest BCUT2D eigenvalue weighted by Crippen LogP contribution is 2.20. The second-order valence-electron chi connectivity index (χ2n) is 5.27. The van der Waals surface area contributed by atoms with E-state index in [0.29, 0.717) is 19.6 Å². The number of aryl methyl sites for hydroxylation is 1. The molecule has 0 aliphatic carbocycles. The maximum atomic E-state index is 12.4. The molecule has 0 saturated heterocycles. The first-order valence-electron chi connectivity index (χ1n) is 7.39. The molecular formula is C15H24N2O2S. The van der Waals surface area contributed by atoms with E-state index in [4.69, 9.17) is 0 Å². The van der Waals surface area contributed by atoms with E-state index in [9.17, 15) is 8.42 Å². The van der Waals surface area contributed by atoms with Gasteiger partial charge in [-0.3, -0.25) is 0 Å². The first kappa shape index (κ1) is 15.5. The first-order chi connectivity index (χ1) is 9.63. The Kier molecular flexibility index (Phi) is 5.57. The summed E-state index contributed by atoms with van der Waals surface area (Å²) in [6.45, 7) is 4.64. The maximum Gasteiger partial charge on any atom is 0.215 e. The summed E-state index contributed by atoms with van der Waals surface area (Å²) < 4.78 is 26.4. The fourth-order valence-electron chi connectivity index (χ4n) is 2.54. The predicted octanol–water partition coefficient (Wildman–Crippen LogP) is 1.76. The zero-order valence-electron chi connectivity index (χ0n) is 12.1. The highest BCUT2D eigenvalue weighted by Gasteiger charge is 2.24. The van der Waals surface area contributed by atoms with Crippen LogP contribution in [0.5, 0.6) is 0 Å². The molecule has 4 nitrogen and oxygen atoms in total. The summed E-state index contributed by atoms with van der Waals surface area (Å²) in [5, 5.41) is 3.16. The van der Waals surface area contributed by atoms with E-state index in [-0.39, 0.29) is 5.75 Å². The van der Waals surface area contributed by atoms with Gasteiger partial charge in [0.25, 0.3) is 0 Å². The molecular weight excluding hydrogens is 272 g/mol. The van der Waals surface area contributed by atoms with Crippen LogP contribution in [0.15, 0.2) is 24.3 Å². The minimum atomic E-state index is -3.16. The second kappa shape index (κ2) is 7.20. The number of nitrogens with zero attached hydrogens (tertiary/aromatic N) is 1. The SMILES string of the molecule is CCCNCCS(=O)(=O)N1CCCc2ccccc2C1. The summed E-state index contributed by atoms with van der Waals surface area (Å²) in [4.78, 5) is 0. The Balaban J connectivity index is 2.01. The van der Waals surface area contributed by atoms with Crippen LogP contribution >= 0.6 is 0 Å². The van der Waals surface area contributed by atoms with Gasteiger partial charge < -0.3 is 5.32 Å². The van der Waals surface area contributed by atoms with Crippen molar-refractivity contribution < 1.29 is 8.42 Å². The van der Waals surface area contributed by atoms with Crippen molar-refractivity contribution >= 4 is 10.0 Å². The fourth-order valence-corrected chi connectivity index (χ4v) is 3.94. The molecule has 1 heterocycles. The summed E-state index contributed by atoms with van der Waals surface area (Å²) in [5.41, 5.74) is 2.43. The van der Waals surface area contributed by atoms with Gasteiger partial charge in [-0.05, 0) is 36.9 Å². The van der Waals surface area contributed by atoms with Crippen molar-refractivity contribution in [1.29, 1.82) is 0 Å². The molecule has 0 amide bonds. The standard InChI is InChI=1S/C15H24N2O2S/c1-2-9-16-10-12-20(18,19)17-11-5-8-14-6-3-4-7-15(14)13-17/h3-4,6-7,16H,2,5,8-13H2,1H3. The molecule has 2 rings (SSSR count). The Labute approximate surface area is 122 Å². The van der Waals surface area contributed by atoms with Crippen LogP contribution in [0.25, 0.3) is 0 Å². The third kappa shape index (κ3) is 4.04. The minimum absolute atomic E-state index is 0.190. The van der Waals surface area contributed by atoms with Gasteiger partial charge in [-0.15, -0.1) is 0 Å². The van der Waals surface area contributed by atoms with E-state index in [1.165, 1.54) is 5.56 Å². The summed E-state index contributed by atoms with van der Waals surface area (Å²) >= 11 is 0. The quantitative estimate of drug-likeness (QED) is 0.814. The van der Waals surface area contributed by atoms with E-state index < -0.39 is 10.0 Å². The number of sulfonamides is 1. The smallest absolute Gasteiger partial charge is 0.215 e. The molecule has 1 aliphatic heterocycles. The molecule has 112 valence electrons. The van der Waals surface area contributed by atoms with Gasteiger partial charge in [0, 0.05) is 19.6 Å². The molecule has 0 aromatic heterocycles. The van der Waals surface area contributed by atoms with Crippen molar-refractivity contribution in [2.75, 3.05) is 25.4 Å². The van der Waals surface area contributed by atoms with Gasteiger partial charge in [0.15, 0.2) is 0 Å². The molecule has 5 heteroatoms. The number of fused-ring (bicyclic) bond motifs is 1. The van der Waals surface area contributed by atoms with Gasteiger partial charge in [0.2, 0.25) is 10.0 Å². The lowest BCUT2D eigenvalue weighted by Crippen LogP contribution is -2.36. The number of nitrogens with one attached hydrogen (secondary N) is 1. The van der Waals surface area contributed by atoms with Crippen molar-refractivity contribution in [2.45, 2.75) is 32.7 Å². The average Bonchev–Trinajstić information content (AvgIpc) is 2.66. The summed E-state index contributed by atoms with van der Waals surface area (Å²) in [5.74, 6) is 0.190. The number of benzene rings is 1. The Morgan fingerprint density at radius 3 is 2.70 bits per heavy atom. The molecule has 0 spiro atoms. The third-order valence-corrected chi connectivity index (χ3v) is 5.49. The van der Waals surface area contributed by atoms with E-state index in [2.05, 4.69) is 18.3 Å². The van der Waals surface area contributed by atoms with Crippen molar-refractivity contribution in [2.24, 2.45) is 0 Å². The van der Waals surface area contributed by atoms with Crippen LogP contribution in [0.4, 0.5) is 0 Å². The van der Waals surface area contributed by atoms with Crippen molar-refractivity contribution in [3.63, 3.8) is 0 Å². The van der Waals surface area contributed by atoms with Gasteiger partial charge in [-0.25, -0.2) is 8.42 Å². The topological polar surface area (TPSA) is 49.4 Å². The molecule has 20 heavy (non-hydrogen) atoms. The molecule has 1 aliphatic rings. The lowest BCUT2D eigenvalue weighted by Gasteiger charge is -2.20. The summed E-state index contributed by atoms with van der Waals surface area (Å²) in [7, 11) is -3.16. The average molecular weight is 296 g/mol. The van der Waals surface area contributed by atoms with Gasteiger partial charge in [0.05, 0.1) is 5.75 Å². The van der Waals surface area contributed by atoms with E-state index in [1.54, 1.807) is 4.31 Å². The third-order valence-electron chi connectivity index (χ3n) is 3.68. The Bertz CT molecular complexity index is 528. The van der Waals surface area contributed by atoms with Crippen LogP contribution in [0, 0.1) is 0 Å².